The average Bonchev–Trinajstić information content (AvgIpc) is 3.64. The molecule has 0 aromatic heterocycles. The SMILES string of the molecule is Nc1ccccc1NC(=O)C=Cc1ccc(CN(C(=O)NC2CCCCC2)C2CC2)cc1. The fraction of sp³-hybridized carbons (Fsp3) is 0.385. The number of carbonyl (C=O) groups is 2. The smallest absolute Gasteiger partial charge is 0.318 e. The number of para-hydroxylation sites is 2. The molecular formula is C26H32N4O2. The molecule has 0 spiro atoms. The van der Waals surface area contributed by atoms with Gasteiger partial charge in [0.25, 0.3) is 0 Å². The number of nitrogens with zero attached hydrogens (tertiary/aromatic N) is 1. The van der Waals surface area contributed by atoms with Gasteiger partial charge in [0.1, 0.15) is 0 Å². The number of nitrogens with one attached hydrogen (secondary N) is 2. The Morgan fingerprint density at radius 1 is 0.969 bits per heavy atom. The molecule has 2 fully saturated rings. The second kappa shape index (κ2) is 10.4. The zero-order valence-electron chi connectivity index (χ0n) is 18.4. The van der Waals surface area contributed by atoms with Gasteiger partial charge in [-0.15, -0.1) is 0 Å². The van der Waals surface area contributed by atoms with Crippen molar-refractivity contribution < 1.29 is 9.59 Å². The van der Waals surface area contributed by atoms with E-state index in [2.05, 4.69) is 10.6 Å². The molecule has 0 saturated heterocycles. The van der Waals surface area contributed by atoms with Gasteiger partial charge in [0.15, 0.2) is 0 Å². The first-order valence-electron chi connectivity index (χ1n) is 11.6. The summed E-state index contributed by atoms with van der Waals surface area (Å²) in [6.45, 7) is 0.612. The minimum atomic E-state index is -0.230. The van der Waals surface area contributed by atoms with E-state index in [1.54, 1.807) is 18.2 Å². The fourth-order valence-corrected chi connectivity index (χ4v) is 4.15. The Morgan fingerprint density at radius 2 is 1.69 bits per heavy atom. The van der Waals surface area contributed by atoms with E-state index in [4.69, 9.17) is 5.73 Å². The number of hydrogen-bond donors (Lipinski definition) is 3. The van der Waals surface area contributed by atoms with Crippen molar-refractivity contribution in [1.29, 1.82) is 0 Å². The quantitative estimate of drug-likeness (QED) is 0.428. The van der Waals surface area contributed by atoms with Crippen LogP contribution in [0.15, 0.2) is 54.6 Å². The summed E-state index contributed by atoms with van der Waals surface area (Å²) in [5.74, 6) is -0.230. The van der Waals surface area contributed by atoms with E-state index >= 15 is 0 Å². The van der Waals surface area contributed by atoms with Crippen LogP contribution in [0.2, 0.25) is 0 Å². The van der Waals surface area contributed by atoms with Crippen molar-refractivity contribution in [3.05, 3.63) is 65.7 Å². The lowest BCUT2D eigenvalue weighted by Crippen LogP contribution is -2.46. The number of urea groups is 1. The van der Waals surface area contributed by atoms with Crippen LogP contribution in [0.25, 0.3) is 6.08 Å². The molecule has 2 aromatic carbocycles. The summed E-state index contributed by atoms with van der Waals surface area (Å²) in [5.41, 5.74) is 9.01. The number of nitrogens with two attached hydrogens (primary N) is 1. The first-order chi connectivity index (χ1) is 15.6. The number of benzene rings is 2. The Hall–Kier alpha value is -3.28. The number of nitrogen functional groups attached to an aromatic ring is 1. The normalized spacial score (nSPS) is 16.6. The van der Waals surface area contributed by atoms with Crippen LogP contribution in [0, 0.1) is 0 Å². The molecule has 0 aliphatic heterocycles. The molecule has 0 atom stereocenters. The second-order valence-corrected chi connectivity index (χ2v) is 8.79. The van der Waals surface area contributed by atoms with Crippen LogP contribution in [0.5, 0.6) is 0 Å². The van der Waals surface area contributed by atoms with Gasteiger partial charge in [0, 0.05) is 24.7 Å². The molecule has 0 heterocycles. The van der Waals surface area contributed by atoms with Crippen LogP contribution in [-0.2, 0) is 11.3 Å². The van der Waals surface area contributed by atoms with Crippen molar-refractivity contribution in [2.75, 3.05) is 11.1 Å². The topological polar surface area (TPSA) is 87.5 Å². The highest BCUT2D eigenvalue weighted by molar-refractivity contribution is 6.03. The molecule has 4 rings (SSSR count). The summed E-state index contributed by atoms with van der Waals surface area (Å²) in [4.78, 5) is 27.0. The van der Waals surface area contributed by atoms with Gasteiger partial charge < -0.3 is 21.3 Å². The van der Waals surface area contributed by atoms with E-state index in [0.717, 1.165) is 36.8 Å². The van der Waals surface area contributed by atoms with E-state index < -0.39 is 0 Å². The van der Waals surface area contributed by atoms with Crippen LogP contribution in [0.3, 0.4) is 0 Å². The number of anilines is 2. The van der Waals surface area contributed by atoms with Crippen LogP contribution < -0.4 is 16.4 Å². The minimum Gasteiger partial charge on any atom is -0.397 e. The predicted octanol–water partition coefficient (Wildman–Crippen LogP) is 4.93. The molecule has 0 radical (unpaired) electrons. The van der Waals surface area contributed by atoms with Crippen molar-refractivity contribution in [3.8, 4) is 0 Å². The van der Waals surface area contributed by atoms with E-state index in [1.807, 2.05) is 41.3 Å². The van der Waals surface area contributed by atoms with E-state index in [-0.39, 0.29) is 11.9 Å². The third-order valence-electron chi connectivity index (χ3n) is 6.16. The molecule has 2 aromatic rings. The van der Waals surface area contributed by atoms with Crippen LogP contribution >= 0.6 is 0 Å². The summed E-state index contributed by atoms with van der Waals surface area (Å²) >= 11 is 0. The minimum absolute atomic E-state index is 0.0697. The highest BCUT2D eigenvalue weighted by Gasteiger charge is 2.33. The predicted molar refractivity (Wildman–Crippen MR) is 129 cm³/mol. The van der Waals surface area contributed by atoms with Crippen molar-refractivity contribution in [1.82, 2.24) is 10.2 Å². The largest absolute Gasteiger partial charge is 0.397 e. The van der Waals surface area contributed by atoms with Crippen molar-refractivity contribution in [2.24, 2.45) is 0 Å². The van der Waals surface area contributed by atoms with Gasteiger partial charge in [0.2, 0.25) is 5.91 Å². The van der Waals surface area contributed by atoms with Gasteiger partial charge in [-0.2, -0.15) is 0 Å². The zero-order valence-corrected chi connectivity index (χ0v) is 18.4. The first-order valence-corrected chi connectivity index (χ1v) is 11.6. The lowest BCUT2D eigenvalue weighted by molar-refractivity contribution is -0.111. The van der Waals surface area contributed by atoms with Crippen molar-refractivity contribution >= 4 is 29.4 Å². The molecule has 4 N–H and O–H groups in total. The molecule has 6 nitrogen and oxygen atoms in total. The average molecular weight is 433 g/mol. The summed E-state index contributed by atoms with van der Waals surface area (Å²) in [7, 11) is 0. The monoisotopic (exact) mass is 432 g/mol. The Labute approximate surface area is 189 Å². The summed E-state index contributed by atoms with van der Waals surface area (Å²) < 4.78 is 0. The number of amides is 3. The van der Waals surface area contributed by atoms with Crippen molar-refractivity contribution in [2.45, 2.75) is 63.6 Å². The van der Waals surface area contributed by atoms with Crippen molar-refractivity contribution in [3.63, 3.8) is 0 Å². The molecule has 3 amide bonds. The van der Waals surface area contributed by atoms with E-state index in [1.165, 1.54) is 25.3 Å². The summed E-state index contributed by atoms with van der Waals surface area (Å²) in [5, 5.41) is 6.03. The number of rotatable bonds is 7. The van der Waals surface area contributed by atoms with Crippen LogP contribution in [0.4, 0.5) is 16.2 Å². The third kappa shape index (κ3) is 6.13. The molecule has 0 bridgehead atoms. The molecule has 2 aliphatic carbocycles. The fourth-order valence-electron chi connectivity index (χ4n) is 4.15. The number of carbonyl (C=O) groups excluding carboxylic acids is 2. The summed E-state index contributed by atoms with van der Waals surface area (Å²) in [6.07, 6.45) is 11.3. The van der Waals surface area contributed by atoms with Gasteiger partial charge in [-0.1, -0.05) is 55.7 Å². The van der Waals surface area contributed by atoms with Gasteiger partial charge in [0.05, 0.1) is 11.4 Å². The maximum Gasteiger partial charge on any atom is 0.318 e. The van der Waals surface area contributed by atoms with E-state index in [9.17, 15) is 9.59 Å². The Kier molecular flexibility index (Phi) is 7.10. The lowest BCUT2D eigenvalue weighted by Gasteiger charge is -2.28. The molecule has 168 valence electrons. The Morgan fingerprint density at radius 3 is 2.38 bits per heavy atom. The third-order valence-corrected chi connectivity index (χ3v) is 6.16. The first kappa shape index (κ1) is 21.9. The second-order valence-electron chi connectivity index (χ2n) is 8.79. The maximum atomic E-state index is 12.9. The standard InChI is InChI=1S/C26H32N4O2/c27-23-8-4-5-9-24(23)29-25(31)17-14-19-10-12-20(13-11-19)18-30(22-15-16-22)26(32)28-21-6-2-1-3-7-21/h4-5,8-14,17,21-22H,1-3,6-7,15-16,18,27H2,(H,28,32)(H,29,31). The highest BCUT2D eigenvalue weighted by atomic mass is 16.2. The highest BCUT2D eigenvalue weighted by Crippen LogP contribution is 2.29. The van der Waals surface area contributed by atoms with Gasteiger partial charge >= 0.3 is 6.03 Å². The molecule has 32 heavy (non-hydrogen) atoms. The van der Waals surface area contributed by atoms with E-state index in [0.29, 0.717) is 30.0 Å². The van der Waals surface area contributed by atoms with Gasteiger partial charge in [-0.25, -0.2) is 4.79 Å². The zero-order chi connectivity index (χ0) is 22.3. The van der Waals surface area contributed by atoms with Gasteiger partial charge in [-0.05, 0) is 55.0 Å². The molecule has 2 saturated carbocycles. The lowest BCUT2D eigenvalue weighted by atomic mass is 9.96. The molecule has 6 heteroatoms. The Bertz CT molecular complexity index is 960. The van der Waals surface area contributed by atoms with Gasteiger partial charge in [-0.3, -0.25) is 4.79 Å². The molecule has 0 unspecified atom stereocenters. The maximum absolute atomic E-state index is 12.9. The molecular weight excluding hydrogens is 400 g/mol. The summed E-state index contributed by atoms with van der Waals surface area (Å²) in [6, 6.07) is 15.9. The van der Waals surface area contributed by atoms with Crippen LogP contribution in [-0.4, -0.2) is 28.9 Å². The number of hydrogen-bond acceptors (Lipinski definition) is 3. The Balaban J connectivity index is 1.32. The molecule has 2 aliphatic rings. The van der Waals surface area contributed by atoms with Crippen LogP contribution in [0.1, 0.15) is 56.1 Å².